The van der Waals surface area contributed by atoms with Gasteiger partial charge in [-0.3, -0.25) is 0 Å². The van der Waals surface area contributed by atoms with Crippen LogP contribution in [0.5, 0.6) is 0 Å². The summed E-state index contributed by atoms with van der Waals surface area (Å²) in [7, 11) is 0. The molecule has 1 saturated carbocycles. The highest BCUT2D eigenvalue weighted by atomic mass is 19.1. The molecule has 1 aliphatic carbocycles. The predicted octanol–water partition coefficient (Wildman–Crippen LogP) is 2.87. The molecule has 0 saturated heterocycles. The molecular weight excluding hydrogens is 183 g/mol. The predicted molar refractivity (Wildman–Crippen MR) is 52.8 cm³/mol. The summed E-state index contributed by atoms with van der Waals surface area (Å²) in [6.07, 6.45) is 0.865. The summed E-state index contributed by atoms with van der Waals surface area (Å²) in [5, 5.41) is 8.61. The third-order valence-electron chi connectivity index (χ3n) is 3.37. The lowest BCUT2D eigenvalue weighted by atomic mass is 9.66. The number of hydrogen-bond donors (Lipinski definition) is 1. The van der Waals surface area contributed by atoms with Crippen molar-refractivity contribution < 1.29 is 14.3 Å². The highest BCUT2D eigenvalue weighted by molar-refractivity contribution is 5.72. The van der Waals surface area contributed by atoms with E-state index in [0.717, 1.165) is 12.8 Å². The Balaban J connectivity index is 2.62. The third kappa shape index (κ3) is 2.46. The third-order valence-corrected chi connectivity index (χ3v) is 3.37. The topological polar surface area (TPSA) is 37.3 Å². The van der Waals surface area contributed by atoms with Gasteiger partial charge in [-0.2, -0.15) is 0 Å². The Morgan fingerprint density at radius 2 is 2.14 bits per heavy atom. The molecule has 2 nitrogen and oxygen atoms in total. The minimum absolute atomic E-state index is 0.171. The smallest absolute Gasteiger partial charge is 0.338 e. The van der Waals surface area contributed by atoms with E-state index in [-0.39, 0.29) is 17.3 Å². The fourth-order valence-electron chi connectivity index (χ4n) is 2.58. The maximum absolute atomic E-state index is 13.3. The molecule has 0 aromatic rings. The van der Waals surface area contributed by atoms with Crippen molar-refractivity contribution >= 4 is 5.97 Å². The van der Waals surface area contributed by atoms with Crippen molar-refractivity contribution in [1.82, 2.24) is 0 Å². The van der Waals surface area contributed by atoms with E-state index in [1.54, 1.807) is 0 Å². The molecule has 0 spiro atoms. The van der Waals surface area contributed by atoms with Gasteiger partial charge in [0, 0.05) is 5.92 Å². The van der Waals surface area contributed by atoms with Gasteiger partial charge in [0.05, 0.1) is 0 Å². The van der Waals surface area contributed by atoms with Crippen LogP contribution in [0.15, 0.2) is 0 Å². The van der Waals surface area contributed by atoms with Crippen molar-refractivity contribution in [3.8, 4) is 0 Å². The minimum Gasteiger partial charge on any atom is -0.479 e. The first-order valence-corrected chi connectivity index (χ1v) is 5.20. The summed E-state index contributed by atoms with van der Waals surface area (Å²) in [4.78, 5) is 10.5. The molecule has 1 aliphatic rings. The van der Waals surface area contributed by atoms with Crippen LogP contribution in [0.4, 0.5) is 4.39 Å². The summed E-state index contributed by atoms with van der Waals surface area (Å²) in [6, 6.07) is 0. The Hall–Kier alpha value is -0.600. The second-order valence-corrected chi connectivity index (χ2v) is 5.29. The zero-order valence-electron chi connectivity index (χ0n) is 9.09. The summed E-state index contributed by atoms with van der Waals surface area (Å²) in [6.45, 7) is 6.28. The zero-order chi connectivity index (χ0) is 10.9. The van der Waals surface area contributed by atoms with Gasteiger partial charge < -0.3 is 5.11 Å². The Morgan fingerprint density at radius 1 is 1.57 bits per heavy atom. The number of hydrogen-bond acceptors (Lipinski definition) is 1. The number of aliphatic carboxylic acids is 1. The molecule has 1 rings (SSSR count). The lowest BCUT2D eigenvalue weighted by molar-refractivity contribution is -0.147. The Kier molecular flexibility index (Phi) is 3.17. The maximum Gasteiger partial charge on any atom is 0.338 e. The summed E-state index contributed by atoms with van der Waals surface area (Å²) in [5.41, 5.74) is 0.244. The molecule has 0 aromatic carbocycles. The second kappa shape index (κ2) is 3.87. The first-order valence-electron chi connectivity index (χ1n) is 5.20. The fraction of sp³-hybridized carbons (Fsp3) is 0.909. The van der Waals surface area contributed by atoms with E-state index in [9.17, 15) is 9.18 Å². The average molecular weight is 202 g/mol. The molecule has 3 unspecified atom stereocenters. The van der Waals surface area contributed by atoms with E-state index in [2.05, 4.69) is 13.8 Å². The lowest BCUT2D eigenvalue weighted by Gasteiger charge is -2.39. The Bertz CT molecular complexity index is 225. The van der Waals surface area contributed by atoms with Gasteiger partial charge >= 0.3 is 5.97 Å². The Morgan fingerprint density at radius 3 is 2.57 bits per heavy atom. The first-order chi connectivity index (χ1) is 6.33. The largest absolute Gasteiger partial charge is 0.479 e. The molecule has 0 radical (unpaired) electrons. The number of halogens is 1. The van der Waals surface area contributed by atoms with Gasteiger partial charge in [-0.05, 0) is 30.6 Å². The fourth-order valence-corrected chi connectivity index (χ4v) is 2.58. The van der Waals surface area contributed by atoms with Crippen molar-refractivity contribution in [2.24, 2.45) is 17.3 Å². The second-order valence-electron chi connectivity index (χ2n) is 5.29. The highest BCUT2D eigenvalue weighted by Gasteiger charge is 2.39. The zero-order valence-corrected chi connectivity index (χ0v) is 9.09. The molecule has 14 heavy (non-hydrogen) atoms. The van der Waals surface area contributed by atoms with Crippen molar-refractivity contribution in [3.05, 3.63) is 0 Å². The lowest BCUT2D eigenvalue weighted by Crippen LogP contribution is -2.36. The molecule has 3 atom stereocenters. The van der Waals surface area contributed by atoms with E-state index < -0.39 is 12.1 Å². The van der Waals surface area contributed by atoms with E-state index in [0.29, 0.717) is 6.42 Å². The van der Waals surface area contributed by atoms with Gasteiger partial charge in [0.2, 0.25) is 0 Å². The first kappa shape index (κ1) is 11.5. The van der Waals surface area contributed by atoms with Crippen LogP contribution in [0, 0.1) is 17.3 Å². The van der Waals surface area contributed by atoms with E-state index >= 15 is 0 Å². The van der Waals surface area contributed by atoms with Gasteiger partial charge in [0.1, 0.15) is 0 Å². The van der Waals surface area contributed by atoms with Crippen LogP contribution in [0.25, 0.3) is 0 Å². The number of carboxylic acids is 1. The maximum atomic E-state index is 13.3. The highest BCUT2D eigenvalue weighted by Crippen LogP contribution is 2.43. The van der Waals surface area contributed by atoms with Gasteiger partial charge in [-0.1, -0.05) is 20.8 Å². The van der Waals surface area contributed by atoms with Crippen LogP contribution in [0.2, 0.25) is 0 Å². The van der Waals surface area contributed by atoms with E-state index in [4.69, 9.17) is 5.11 Å². The number of carbonyl (C=O) groups is 1. The van der Waals surface area contributed by atoms with Crippen LogP contribution in [0.1, 0.15) is 40.0 Å². The van der Waals surface area contributed by atoms with Crippen molar-refractivity contribution in [2.45, 2.75) is 46.2 Å². The van der Waals surface area contributed by atoms with Crippen molar-refractivity contribution in [3.63, 3.8) is 0 Å². The van der Waals surface area contributed by atoms with Gasteiger partial charge in [-0.15, -0.1) is 0 Å². The Labute approximate surface area is 84.5 Å². The minimum atomic E-state index is -1.68. The molecule has 1 N–H and O–H groups in total. The molecule has 82 valence electrons. The molecule has 0 aliphatic heterocycles. The van der Waals surface area contributed by atoms with E-state index in [1.165, 1.54) is 0 Å². The van der Waals surface area contributed by atoms with Crippen LogP contribution >= 0.6 is 0 Å². The van der Waals surface area contributed by atoms with Gasteiger partial charge in [0.25, 0.3) is 0 Å². The standard InChI is InChI=1S/C11H19FO2/c1-7-6-11(2,3)5-4-8(7)9(12)10(13)14/h7-9H,4-6H2,1-3H3,(H,13,14). The van der Waals surface area contributed by atoms with Crippen LogP contribution in [-0.2, 0) is 4.79 Å². The van der Waals surface area contributed by atoms with E-state index in [1.807, 2.05) is 6.92 Å². The molecular formula is C11H19FO2. The molecule has 0 bridgehead atoms. The number of carboxylic acid groups (broad SMARTS) is 1. The quantitative estimate of drug-likeness (QED) is 0.747. The molecule has 3 heteroatoms. The number of rotatable bonds is 2. The van der Waals surface area contributed by atoms with Crippen LogP contribution in [0.3, 0.4) is 0 Å². The van der Waals surface area contributed by atoms with Gasteiger partial charge in [-0.25, -0.2) is 9.18 Å². The van der Waals surface area contributed by atoms with Gasteiger partial charge in [0.15, 0.2) is 6.17 Å². The molecule has 1 fully saturated rings. The summed E-state index contributed by atoms with van der Waals surface area (Å²) in [5.74, 6) is -1.42. The number of alkyl halides is 1. The monoisotopic (exact) mass is 202 g/mol. The SMILES string of the molecule is CC1CC(C)(C)CCC1C(F)C(=O)O. The van der Waals surface area contributed by atoms with Crippen LogP contribution in [-0.4, -0.2) is 17.2 Å². The summed E-state index contributed by atoms with van der Waals surface area (Å²) >= 11 is 0. The molecule has 0 aromatic heterocycles. The normalized spacial score (nSPS) is 33.7. The summed E-state index contributed by atoms with van der Waals surface area (Å²) < 4.78 is 13.3. The van der Waals surface area contributed by atoms with Crippen LogP contribution < -0.4 is 0 Å². The molecule has 0 amide bonds. The van der Waals surface area contributed by atoms with Crippen molar-refractivity contribution in [2.75, 3.05) is 0 Å². The van der Waals surface area contributed by atoms with Crippen molar-refractivity contribution in [1.29, 1.82) is 0 Å². The molecule has 0 heterocycles. The average Bonchev–Trinajstić information content (AvgIpc) is 2.01.